The van der Waals surface area contributed by atoms with Crippen molar-refractivity contribution in [3.05, 3.63) is 136 Å². The second-order valence-corrected chi connectivity index (χ2v) is 22.3. The molecule has 0 aliphatic carbocycles. The number of rotatable bonds is 4. The molecule has 2 N–H and O–H groups in total. The predicted octanol–water partition coefficient (Wildman–Crippen LogP) is 15.5. The lowest BCUT2D eigenvalue weighted by atomic mass is 9.78. The van der Waals surface area contributed by atoms with Gasteiger partial charge in [0.25, 0.3) is 0 Å². The van der Waals surface area contributed by atoms with Gasteiger partial charge in [0.2, 0.25) is 0 Å². The van der Waals surface area contributed by atoms with E-state index in [-0.39, 0.29) is 26.8 Å². The van der Waals surface area contributed by atoms with Gasteiger partial charge in [-0.3, -0.25) is 4.79 Å². The molecule has 3 aromatic heterocycles. The summed E-state index contributed by atoms with van der Waals surface area (Å²) in [5.74, 6) is 0. The molecule has 0 atom stereocenters. The Kier molecular flexibility index (Phi) is 10.8. The van der Waals surface area contributed by atoms with Crippen molar-refractivity contribution in [2.24, 2.45) is 0 Å². The van der Waals surface area contributed by atoms with Crippen molar-refractivity contribution >= 4 is 63.2 Å². The van der Waals surface area contributed by atoms with Gasteiger partial charge in [0.15, 0.2) is 5.12 Å². The summed E-state index contributed by atoms with van der Waals surface area (Å²) in [5, 5.41) is 0.0576. The summed E-state index contributed by atoms with van der Waals surface area (Å²) < 4.78 is 0. The van der Waals surface area contributed by atoms with Crippen molar-refractivity contribution in [1.29, 1.82) is 0 Å². The van der Waals surface area contributed by atoms with Crippen LogP contribution in [-0.2, 0) is 26.5 Å². The third kappa shape index (κ3) is 8.81. The molecule has 0 spiro atoms. The number of nitrogens with one attached hydrogen (secondary N) is 2. The molecule has 6 aromatic rings. The molecule has 0 radical (unpaired) electrons. The minimum atomic E-state index is -0.0628. The fourth-order valence-electron chi connectivity index (χ4n) is 8.18. The molecule has 8 bridgehead atoms. The zero-order valence-electron chi connectivity index (χ0n) is 38.7. The number of hydrogen-bond acceptors (Lipinski definition) is 4. The number of carbonyl (C=O) groups is 1. The van der Waals surface area contributed by atoms with E-state index in [2.05, 4.69) is 196 Å². The van der Waals surface area contributed by atoms with Gasteiger partial charge in [-0.25, -0.2) is 9.97 Å². The molecular weight excluding hydrogens is 777 g/mol. The fourth-order valence-corrected chi connectivity index (χ4v) is 8.79. The summed E-state index contributed by atoms with van der Waals surface area (Å²) in [7, 11) is 0. The summed E-state index contributed by atoms with van der Waals surface area (Å²) in [6, 6.07) is 33.2. The number of nitrogens with zero attached hydrogens (tertiary/aromatic N) is 2. The summed E-state index contributed by atoms with van der Waals surface area (Å²) in [5.41, 5.74) is 18.5. The van der Waals surface area contributed by atoms with Crippen molar-refractivity contribution in [2.45, 2.75) is 117 Å². The lowest BCUT2D eigenvalue weighted by molar-refractivity contribution is -0.109. The zero-order chi connectivity index (χ0) is 44.5. The minimum absolute atomic E-state index is 0.0576. The van der Waals surface area contributed by atoms with Gasteiger partial charge in [0.05, 0.1) is 22.8 Å². The van der Waals surface area contributed by atoms with E-state index in [4.69, 9.17) is 9.97 Å². The number of hydrogen-bond donors (Lipinski definition) is 2. The molecule has 5 heterocycles. The molecular formula is C56H60N4OS. The van der Waals surface area contributed by atoms with Crippen LogP contribution in [0.1, 0.15) is 135 Å². The number of benzene rings is 3. The third-order valence-electron chi connectivity index (χ3n) is 11.9. The Morgan fingerprint density at radius 1 is 0.452 bits per heavy atom. The number of carbonyl (C=O) groups excluding carboxylic acids is 1. The van der Waals surface area contributed by atoms with Crippen LogP contribution in [0.25, 0.3) is 79.8 Å². The van der Waals surface area contributed by atoms with Crippen LogP contribution in [0.2, 0.25) is 0 Å². The lowest BCUT2D eigenvalue weighted by Gasteiger charge is -2.26. The number of aromatic amines is 2. The third-order valence-corrected chi connectivity index (χ3v) is 12.7. The standard InChI is InChI=1S/C56H60N4OS/c1-33(61)62-43-18-14-34(15-19-43)50-46-22-24-48(59-46)51(35-26-37(53(2,3)4)30-38(27-35)54(5,6)7)44-20-16-41(57-44)32-42-17-21-45(58-42)52(49-25-23-47(50)60-49)36-28-39(55(8,9)10)31-40(29-36)56(11,12)13/h14-32,57,60H,1-13H3. The molecule has 0 fully saturated rings. The maximum atomic E-state index is 12.1. The van der Waals surface area contributed by atoms with Gasteiger partial charge in [-0.1, -0.05) is 143 Å². The molecule has 0 unspecified atom stereocenters. The van der Waals surface area contributed by atoms with Crippen molar-refractivity contribution in [1.82, 2.24) is 19.9 Å². The van der Waals surface area contributed by atoms with Crippen LogP contribution < -0.4 is 0 Å². The molecule has 0 amide bonds. The first-order chi connectivity index (χ1) is 29.0. The van der Waals surface area contributed by atoms with Crippen molar-refractivity contribution in [2.75, 3.05) is 0 Å². The van der Waals surface area contributed by atoms with Gasteiger partial charge in [0, 0.05) is 50.6 Å². The highest BCUT2D eigenvalue weighted by Crippen LogP contribution is 2.41. The molecule has 0 saturated heterocycles. The molecule has 316 valence electrons. The van der Waals surface area contributed by atoms with E-state index in [0.717, 1.165) is 83.1 Å². The average molecular weight is 837 g/mol. The number of aromatic nitrogens is 4. The van der Waals surface area contributed by atoms with Gasteiger partial charge in [-0.05, 0) is 127 Å². The summed E-state index contributed by atoms with van der Waals surface area (Å²) in [6.45, 7) is 29.0. The van der Waals surface area contributed by atoms with Crippen LogP contribution >= 0.6 is 11.8 Å². The first kappa shape index (κ1) is 42.9. The Bertz CT molecular complexity index is 2840. The topological polar surface area (TPSA) is 74.4 Å². The molecule has 5 nitrogen and oxygen atoms in total. The van der Waals surface area contributed by atoms with Gasteiger partial charge in [0.1, 0.15) is 0 Å². The van der Waals surface area contributed by atoms with E-state index in [1.807, 2.05) is 12.1 Å². The monoisotopic (exact) mass is 836 g/mol. The molecule has 2 aliphatic heterocycles. The molecule has 2 aliphatic rings. The van der Waals surface area contributed by atoms with E-state index in [1.165, 1.54) is 34.0 Å². The summed E-state index contributed by atoms with van der Waals surface area (Å²) in [4.78, 5) is 31.6. The first-order valence-corrected chi connectivity index (χ1v) is 22.6. The van der Waals surface area contributed by atoms with Crippen molar-refractivity contribution in [3.8, 4) is 33.4 Å². The molecule has 8 rings (SSSR count). The highest BCUT2D eigenvalue weighted by molar-refractivity contribution is 8.13. The van der Waals surface area contributed by atoms with E-state index in [1.54, 1.807) is 6.92 Å². The smallest absolute Gasteiger partial charge is 0.190 e. The molecule has 6 heteroatoms. The Hall–Kier alpha value is -5.72. The summed E-state index contributed by atoms with van der Waals surface area (Å²) >= 11 is 1.24. The predicted molar refractivity (Wildman–Crippen MR) is 267 cm³/mol. The highest BCUT2D eigenvalue weighted by atomic mass is 32.2. The SMILES string of the molecule is CC(=O)Sc1ccc(-c2c3nc(c(-c4cc(C(C)(C)C)cc(C(C)(C)C)c4)c4ccc(cc5nc(c(-c6cc(C(C)(C)C)cc(C(C)(C)C)c6)c6ccc2[nH]6)C=C5)[nH]4)C=C3)cc1. The molecule has 0 saturated carbocycles. The Labute approximate surface area is 372 Å². The second kappa shape index (κ2) is 15.6. The first-order valence-electron chi connectivity index (χ1n) is 21.8. The maximum Gasteiger partial charge on any atom is 0.190 e. The van der Waals surface area contributed by atoms with Gasteiger partial charge < -0.3 is 9.97 Å². The van der Waals surface area contributed by atoms with Crippen LogP contribution in [-0.4, -0.2) is 25.1 Å². The van der Waals surface area contributed by atoms with Crippen molar-refractivity contribution < 1.29 is 4.79 Å². The second-order valence-electron chi connectivity index (χ2n) is 21.1. The largest absolute Gasteiger partial charge is 0.355 e. The number of fused-ring (bicyclic) bond motifs is 8. The van der Waals surface area contributed by atoms with E-state index in [9.17, 15) is 4.79 Å². The van der Waals surface area contributed by atoms with Crippen molar-refractivity contribution in [3.63, 3.8) is 0 Å². The van der Waals surface area contributed by atoms with Gasteiger partial charge >= 0.3 is 0 Å². The van der Waals surface area contributed by atoms with E-state index < -0.39 is 0 Å². The Balaban J connectivity index is 1.51. The van der Waals surface area contributed by atoms with Crippen LogP contribution in [0.5, 0.6) is 0 Å². The Morgan fingerprint density at radius 2 is 0.855 bits per heavy atom. The normalized spacial score (nSPS) is 13.2. The van der Waals surface area contributed by atoms with Gasteiger partial charge in [-0.2, -0.15) is 0 Å². The zero-order valence-corrected chi connectivity index (χ0v) is 39.5. The van der Waals surface area contributed by atoms with E-state index >= 15 is 0 Å². The number of H-pyrrole nitrogens is 2. The number of thioether (sulfide) groups is 1. The van der Waals surface area contributed by atoms with Crippen LogP contribution in [0.4, 0.5) is 0 Å². The minimum Gasteiger partial charge on any atom is -0.355 e. The van der Waals surface area contributed by atoms with Crippen LogP contribution in [0.3, 0.4) is 0 Å². The van der Waals surface area contributed by atoms with Crippen LogP contribution in [0.15, 0.2) is 95.9 Å². The van der Waals surface area contributed by atoms with Gasteiger partial charge in [-0.15, -0.1) is 0 Å². The Morgan fingerprint density at radius 3 is 1.31 bits per heavy atom. The van der Waals surface area contributed by atoms with Crippen LogP contribution in [0, 0.1) is 0 Å². The highest BCUT2D eigenvalue weighted by Gasteiger charge is 2.25. The quantitative estimate of drug-likeness (QED) is 0.173. The van der Waals surface area contributed by atoms with E-state index in [0.29, 0.717) is 0 Å². The lowest BCUT2D eigenvalue weighted by Crippen LogP contribution is -2.16. The maximum absolute atomic E-state index is 12.1. The molecule has 62 heavy (non-hydrogen) atoms. The molecule has 3 aromatic carbocycles. The summed E-state index contributed by atoms with van der Waals surface area (Å²) in [6.07, 6.45) is 8.57. The average Bonchev–Trinajstić information content (AvgIpc) is 4.01. The fraction of sp³-hybridized carbons (Fsp3) is 0.304.